The highest BCUT2D eigenvalue weighted by atomic mass is 32.2. The van der Waals surface area contributed by atoms with Crippen LogP contribution in [0.25, 0.3) is 10.9 Å². The minimum Gasteiger partial charge on any atom is -0.358 e. The van der Waals surface area contributed by atoms with Gasteiger partial charge >= 0.3 is 5.82 Å². The number of pyridine rings is 1. The number of nitro groups is 1. The molecule has 0 N–H and O–H groups in total. The van der Waals surface area contributed by atoms with E-state index in [-0.39, 0.29) is 23.5 Å². The molecule has 1 aromatic carbocycles. The molecule has 0 radical (unpaired) electrons. The Morgan fingerprint density at radius 1 is 1.22 bits per heavy atom. The lowest BCUT2D eigenvalue weighted by molar-refractivity contribution is -0.389. The molecule has 23 heavy (non-hydrogen) atoms. The van der Waals surface area contributed by atoms with E-state index in [1.807, 2.05) is 0 Å². The predicted molar refractivity (Wildman–Crippen MR) is 87.6 cm³/mol. The van der Waals surface area contributed by atoms with E-state index in [0.717, 1.165) is 10.4 Å². The van der Waals surface area contributed by atoms with Crippen LogP contribution in [-0.4, -0.2) is 35.7 Å². The van der Waals surface area contributed by atoms with Crippen molar-refractivity contribution < 1.29 is 13.3 Å². The van der Waals surface area contributed by atoms with Gasteiger partial charge in [-0.25, -0.2) is 8.42 Å². The molecular weight excluding hydrogens is 318 g/mol. The quantitative estimate of drug-likeness (QED) is 0.441. The highest BCUT2D eigenvalue weighted by Gasteiger charge is 2.28. The number of aromatic nitrogens is 1. The molecule has 0 saturated heterocycles. The molecule has 0 unspecified atom stereocenters. The molecule has 0 aliphatic heterocycles. The maximum absolute atomic E-state index is 12.9. The van der Waals surface area contributed by atoms with Gasteiger partial charge in [0.2, 0.25) is 10.0 Å². The molecule has 2 rings (SSSR count). The second-order valence-corrected chi connectivity index (χ2v) is 6.56. The zero-order chi connectivity index (χ0) is 17.0. The number of hydrogen-bond acceptors (Lipinski definition) is 5. The van der Waals surface area contributed by atoms with Crippen molar-refractivity contribution in [1.29, 1.82) is 0 Å². The molecule has 0 amide bonds. The third kappa shape index (κ3) is 3.27. The first-order valence-electron chi connectivity index (χ1n) is 6.68. The minimum atomic E-state index is -3.96. The van der Waals surface area contributed by atoms with Gasteiger partial charge in [-0.3, -0.25) is 0 Å². The Bertz CT molecular complexity index is 867. The van der Waals surface area contributed by atoms with Crippen molar-refractivity contribution in [1.82, 2.24) is 9.29 Å². The number of para-hydroxylation sites is 1. The normalized spacial score (nSPS) is 11.5. The molecule has 0 aliphatic rings. The van der Waals surface area contributed by atoms with Gasteiger partial charge in [-0.1, -0.05) is 24.3 Å². The first-order valence-corrected chi connectivity index (χ1v) is 8.12. The molecule has 0 saturated carbocycles. The van der Waals surface area contributed by atoms with E-state index in [1.165, 1.54) is 18.2 Å². The Kier molecular flexibility index (Phi) is 4.87. The van der Waals surface area contributed by atoms with E-state index in [2.05, 4.69) is 18.1 Å². The molecule has 0 aliphatic carbocycles. The van der Waals surface area contributed by atoms with E-state index < -0.39 is 20.8 Å². The number of benzene rings is 1. The van der Waals surface area contributed by atoms with Crippen LogP contribution in [0.5, 0.6) is 0 Å². The number of sulfonamides is 1. The SMILES string of the molecule is C=CCN(CC=C)S(=O)(=O)c1cc([N+](=O)[O-])nc2ccccc12. The lowest BCUT2D eigenvalue weighted by Gasteiger charge is -2.19. The summed E-state index contributed by atoms with van der Waals surface area (Å²) in [6, 6.07) is 7.38. The first kappa shape index (κ1) is 16.8. The summed E-state index contributed by atoms with van der Waals surface area (Å²) in [7, 11) is -3.96. The maximum atomic E-state index is 12.9. The summed E-state index contributed by atoms with van der Waals surface area (Å²) in [4.78, 5) is 14.1. The summed E-state index contributed by atoms with van der Waals surface area (Å²) in [6.45, 7) is 7.21. The fourth-order valence-electron chi connectivity index (χ4n) is 2.13. The van der Waals surface area contributed by atoms with Crippen molar-refractivity contribution in [3.63, 3.8) is 0 Å². The van der Waals surface area contributed by atoms with Gasteiger partial charge in [-0.15, -0.1) is 13.2 Å². The molecule has 120 valence electrons. The molecular formula is C15H15N3O4S. The highest BCUT2D eigenvalue weighted by molar-refractivity contribution is 7.89. The second kappa shape index (κ2) is 6.67. The Hall–Kier alpha value is -2.58. The summed E-state index contributed by atoms with van der Waals surface area (Å²) in [6.07, 6.45) is 2.89. The largest absolute Gasteiger partial charge is 0.365 e. The van der Waals surface area contributed by atoms with Crippen molar-refractivity contribution in [2.24, 2.45) is 0 Å². The number of nitrogens with zero attached hydrogens (tertiary/aromatic N) is 3. The first-order chi connectivity index (χ1) is 10.9. The van der Waals surface area contributed by atoms with Crippen molar-refractivity contribution in [2.75, 3.05) is 13.1 Å². The summed E-state index contributed by atoms with van der Waals surface area (Å²) in [5.41, 5.74) is 0.248. The average Bonchev–Trinajstić information content (AvgIpc) is 2.53. The Morgan fingerprint density at radius 2 is 1.83 bits per heavy atom. The molecule has 0 spiro atoms. The van der Waals surface area contributed by atoms with Crippen LogP contribution >= 0.6 is 0 Å². The smallest absolute Gasteiger partial charge is 0.358 e. The molecule has 1 aromatic heterocycles. The number of hydrogen-bond donors (Lipinski definition) is 0. The van der Waals surface area contributed by atoms with E-state index in [1.54, 1.807) is 18.2 Å². The van der Waals surface area contributed by atoms with Crippen LogP contribution in [0.2, 0.25) is 0 Å². The summed E-state index contributed by atoms with van der Waals surface area (Å²) >= 11 is 0. The lowest BCUT2D eigenvalue weighted by atomic mass is 10.2. The summed E-state index contributed by atoms with van der Waals surface area (Å²) in [5.74, 6) is -0.514. The zero-order valence-electron chi connectivity index (χ0n) is 12.3. The molecule has 1 heterocycles. The van der Waals surface area contributed by atoms with Crippen LogP contribution in [0.3, 0.4) is 0 Å². The van der Waals surface area contributed by atoms with Crippen molar-refractivity contribution in [3.8, 4) is 0 Å². The number of rotatable bonds is 7. The molecule has 8 heteroatoms. The van der Waals surface area contributed by atoms with Gasteiger partial charge < -0.3 is 10.1 Å². The van der Waals surface area contributed by atoms with Gasteiger partial charge in [0.25, 0.3) is 0 Å². The third-order valence-corrected chi connectivity index (χ3v) is 5.01. The topological polar surface area (TPSA) is 93.4 Å². The van der Waals surface area contributed by atoms with Gasteiger partial charge in [-0.05, 0) is 22.0 Å². The fraction of sp³-hybridized carbons (Fsp3) is 0.133. The van der Waals surface area contributed by atoms with Gasteiger partial charge in [0, 0.05) is 18.5 Å². The molecule has 2 aromatic rings. The van der Waals surface area contributed by atoms with Crippen LogP contribution in [0, 0.1) is 10.1 Å². The Morgan fingerprint density at radius 3 is 2.39 bits per heavy atom. The summed E-state index contributed by atoms with van der Waals surface area (Å²) < 4.78 is 26.9. The van der Waals surface area contributed by atoms with Crippen LogP contribution in [0.4, 0.5) is 5.82 Å². The molecule has 0 fully saturated rings. The standard InChI is InChI=1S/C15H15N3O4S/c1-3-9-17(10-4-2)23(21,22)14-11-15(18(19)20)16-13-8-6-5-7-12(13)14/h3-8,11H,1-2,9-10H2. The maximum Gasteiger partial charge on any atom is 0.365 e. The fourth-order valence-corrected chi connectivity index (χ4v) is 3.72. The van der Waals surface area contributed by atoms with Gasteiger partial charge in [0.05, 0.1) is 6.07 Å². The van der Waals surface area contributed by atoms with Crippen LogP contribution in [0.1, 0.15) is 0 Å². The van der Waals surface area contributed by atoms with E-state index >= 15 is 0 Å². The van der Waals surface area contributed by atoms with Crippen molar-refractivity contribution >= 4 is 26.7 Å². The van der Waals surface area contributed by atoms with Crippen LogP contribution in [0.15, 0.2) is 60.5 Å². The highest BCUT2D eigenvalue weighted by Crippen LogP contribution is 2.28. The van der Waals surface area contributed by atoms with Crippen LogP contribution in [-0.2, 0) is 10.0 Å². The Balaban J connectivity index is 2.76. The minimum absolute atomic E-state index is 0.0683. The third-order valence-electron chi connectivity index (χ3n) is 3.14. The van der Waals surface area contributed by atoms with E-state index in [4.69, 9.17) is 0 Å². The zero-order valence-corrected chi connectivity index (χ0v) is 13.1. The average molecular weight is 333 g/mol. The molecule has 0 atom stereocenters. The lowest BCUT2D eigenvalue weighted by Crippen LogP contribution is -2.31. The van der Waals surface area contributed by atoms with Crippen molar-refractivity contribution in [3.05, 3.63) is 65.8 Å². The monoisotopic (exact) mass is 333 g/mol. The van der Waals surface area contributed by atoms with E-state index in [9.17, 15) is 18.5 Å². The predicted octanol–water partition coefficient (Wildman–Crippen LogP) is 2.51. The Labute approximate surface area is 133 Å². The molecule has 0 bridgehead atoms. The van der Waals surface area contributed by atoms with Gasteiger partial charge in [-0.2, -0.15) is 4.31 Å². The van der Waals surface area contributed by atoms with E-state index in [0.29, 0.717) is 5.39 Å². The van der Waals surface area contributed by atoms with Gasteiger partial charge in [0.15, 0.2) is 5.52 Å². The second-order valence-electron chi connectivity index (χ2n) is 4.65. The summed E-state index contributed by atoms with van der Waals surface area (Å²) in [5, 5.41) is 11.4. The van der Waals surface area contributed by atoms with Gasteiger partial charge in [0.1, 0.15) is 4.90 Å². The van der Waals surface area contributed by atoms with Crippen molar-refractivity contribution in [2.45, 2.75) is 4.90 Å². The number of fused-ring (bicyclic) bond motifs is 1. The van der Waals surface area contributed by atoms with Crippen LogP contribution < -0.4 is 0 Å². The molecule has 7 nitrogen and oxygen atoms in total.